The second-order valence-corrected chi connectivity index (χ2v) is 4.22. The summed E-state index contributed by atoms with van der Waals surface area (Å²) in [6, 6.07) is 9.64. The van der Waals surface area contributed by atoms with Gasteiger partial charge in [0.1, 0.15) is 11.0 Å². The van der Waals surface area contributed by atoms with E-state index in [0.717, 1.165) is 12.1 Å². The smallest absolute Gasteiger partial charge is 0.261 e. The zero-order chi connectivity index (χ0) is 14.6. The standard InChI is InChI=1S/C13H9ClF3N3/c14-11-2-1-3-12(19-11)20-18-8-9-4-6-10(7-5-9)13(15,16)17/h1-8H,(H,19,20). The molecule has 1 aromatic heterocycles. The molecule has 0 aliphatic rings. The summed E-state index contributed by atoms with van der Waals surface area (Å²) in [6.45, 7) is 0. The molecule has 3 nitrogen and oxygen atoms in total. The summed E-state index contributed by atoms with van der Waals surface area (Å²) >= 11 is 5.69. The highest BCUT2D eigenvalue weighted by molar-refractivity contribution is 6.29. The van der Waals surface area contributed by atoms with Crippen LogP contribution in [-0.2, 0) is 6.18 Å². The lowest BCUT2D eigenvalue weighted by atomic mass is 10.1. The highest BCUT2D eigenvalue weighted by Crippen LogP contribution is 2.28. The van der Waals surface area contributed by atoms with Crippen molar-refractivity contribution in [1.29, 1.82) is 0 Å². The van der Waals surface area contributed by atoms with Crippen molar-refractivity contribution in [2.45, 2.75) is 6.18 Å². The van der Waals surface area contributed by atoms with Gasteiger partial charge in [-0.25, -0.2) is 4.98 Å². The minimum absolute atomic E-state index is 0.319. The van der Waals surface area contributed by atoms with E-state index < -0.39 is 11.7 Å². The Hall–Kier alpha value is -2.08. The topological polar surface area (TPSA) is 37.3 Å². The van der Waals surface area contributed by atoms with Crippen LogP contribution in [0, 0.1) is 0 Å². The van der Waals surface area contributed by atoms with Crippen LogP contribution in [0.5, 0.6) is 0 Å². The number of anilines is 1. The fourth-order valence-corrected chi connectivity index (χ4v) is 1.57. The van der Waals surface area contributed by atoms with Crippen molar-refractivity contribution < 1.29 is 13.2 Å². The molecule has 1 heterocycles. The zero-order valence-corrected chi connectivity index (χ0v) is 10.8. The number of halogens is 4. The molecule has 2 rings (SSSR count). The van der Waals surface area contributed by atoms with Crippen LogP contribution in [0.1, 0.15) is 11.1 Å². The molecule has 0 saturated heterocycles. The normalized spacial score (nSPS) is 11.8. The van der Waals surface area contributed by atoms with Crippen molar-refractivity contribution >= 4 is 23.6 Å². The number of nitrogens with zero attached hydrogens (tertiary/aromatic N) is 2. The molecule has 0 radical (unpaired) electrons. The van der Waals surface area contributed by atoms with Crippen molar-refractivity contribution in [3.8, 4) is 0 Å². The first kappa shape index (κ1) is 14.3. The van der Waals surface area contributed by atoms with Gasteiger partial charge in [-0.3, -0.25) is 5.43 Å². The van der Waals surface area contributed by atoms with E-state index in [1.54, 1.807) is 18.2 Å². The summed E-state index contributed by atoms with van der Waals surface area (Å²) in [6.07, 6.45) is -2.94. The molecule has 0 atom stereocenters. The minimum Gasteiger partial charge on any atom is -0.261 e. The summed E-state index contributed by atoms with van der Waals surface area (Å²) in [5.74, 6) is 0.445. The lowest BCUT2D eigenvalue weighted by Crippen LogP contribution is -2.04. The largest absolute Gasteiger partial charge is 0.416 e. The maximum absolute atomic E-state index is 12.4. The molecular formula is C13H9ClF3N3. The third-order valence-electron chi connectivity index (χ3n) is 2.35. The van der Waals surface area contributed by atoms with E-state index in [0.29, 0.717) is 16.5 Å². The van der Waals surface area contributed by atoms with Crippen molar-refractivity contribution in [3.63, 3.8) is 0 Å². The van der Waals surface area contributed by atoms with Gasteiger partial charge in [0, 0.05) is 0 Å². The average Bonchev–Trinajstić information content (AvgIpc) is 2.38. The molecule has 0 bridgehead atoms. The fraction of sp³-hybridized carbons (Fsp3) is 0.0769. The predicted molar refractivity (Wildman–Crippen MR) is 71.9 cm³/mol. The van der Waals surface area contributed by atoms with Crippen LogP contribution in [0.3, 0.4) is 0 Å². The monoisotopic (exact) mass is 299 g/mol. The molecule has 0 aliphatic carbocycles. The molecule has 0 amide bonds. The first-order valence-corrected chi connectivity index (χ1v) is 5.92. The molecule has 0 aliphatic heterocycles. The maximum atomic E-state index is 12.4. The van der Waals surface area contributed by atoms with Gasteiger partial charge in [0.2, 0.25) is 0 Å². The van der Waals surface area contributed by atoms with Crippen molar-refractivity contribution in [2.75, 3.05) is 5.43 Å². The summed E-state index contributed by atoms with van der Waals surface area (Å²) in [5.41, 5.74) is 2.47. The van der Waals surface area contributed by atoms with Crippen molar-refractivity contribution in [3.05, 3.63) is 58.7 Å². The number of rotatable bonds is 3. The Labute approximate surface area is 118 Å². The van der Waals surface area contributed by atoms with Crippen LogP contribution in [0.2, 0.25) is 5.15 Å². The summed E-state index contributed by atoms with van der Waals surface area (Å²) < 4.78 is 37.1. The van der Waals surface area contributed by atoms with Crippen molar-refractivity contribution in [2.24, 2.45) is 5.10 Å². The Bertz CT molecular complexity index is 609. The van der Waals surface area contributed by atoms with E-state index in [4.69, 9.17) is 11.6 Å². The Morgan fingerprint density at radius 3 is 2.40 bits per heavy atom. The van der Waals surface area contributed by atoms with Crippen LogP contribution < -0.4 is 5.43 Å². The molecule has 7 heteroatoms. The van der Waals surface area contributed by atoms with E-state index in [1.807, 2.05) is 0 Å². The molecule has 2 aromatic rings. The number of benzene rings is 1. The van der Waals surface area contributed by atoms with Gasteiger partial charge in [0.15, 0.2) is 0 Å². The summed E-state index contributed by atoms with van der Waals surface area (Å²) in [7, 11) is 0. The minimum atomic E-state index is -4.33. The maximum Gasteiger partial charge on any atom is 0.416 e. The van der Waals surface area contributed by atoms with Gasteiger partial charge in [-0.1, -0.05) is 29.8 Å². The number of alkyl halides is 3. The van der Waals surface area contributed by atoms with Crippen LogP contribution in [0.25, 0.3) is 0 Å². The molecule has 1 N–H and O–H groups in total. The number of pyridine rings is 1. The highest BCUT2D eigenvalue weighted by Gasteiger charge is 2.29. The molecule has 0 fully saturated rings. The van der Waals surface area contributed by atoms with Crippen LogP contribution in [-0.4, -0.2) is 11.2 Å². The Balaban J connectivity index is 2.01. The number of aromatic nitrogens is 1. The van der Waals surface area contributed by atoms with E-state index in [2.05, 4.69) is 15.5 Å². The SMILES string of the molecule is FC(F)(F)c1ccc(C=NNc2cccc(Cl)n2)cc1. The lowest BCUT2D eigenvalue weighted by molar-refractivity contribution is -0.137. The number of hydrogen-bond acceptors (Lipinski definition) is 3. The Kier molecular flexibility index (Phi) is 4.24. The molecule has 20 heavy (non-hydrogen) atoms. The van der Waals surface area contributed by atoms with Gasteiger partial charge in [-0.2, -0.15) is 18.3 Å². The Morgan fingerprint density at radius 2 is 1.80 bits per heavy atom. The van der Waals surface area contributed by atoms with E-state index in [-0.39, 0.29) is 0 Å². The van der Waals surface area contributed by atoms with Gasteiger partial charge in [-0.15, -0.1) is 0 Å². The van der Waals surface area contributed by atoms with Gasteiger partial charge in [0.25, 0.3) is 0 Å². The van der Waals surface area contributed by atoms with Gasteiger partial charge < -0.3 is 0 Å². The zero-order valence-electron chi connectivity index (χ0n) is 10.0. The molecule has 0 unspecified atom stereocenters. The van der Waals surface area contributed by atoms with Crippen LogP contribution in [0.4, 0.5) is 19.0 Å². The second kappa shape index (κ2) is 5.92. The first-order valence-electron chi connectivity index (χ1n) is 5.54. The summed E-state index contributed by atoms with van der Waals surface area (Å²) in [4.78, 5) is 3.94. The van der Waals surface area contributed by atoms with Gasteiger partial charge >= 0.3 is 6.18 Å². The third-order valence-corrected chi connectivity index (χ3v) is 2.56. The van der Waals surface area contributed by atoms with E-state index in [1.165, 1.54) is 18.3 Å². The fourth-order valence-electron chi connectivity index (χ4n) is 1.40. The number of hydrogen-bond donors (Lipinski definition) is 1. The second-order valence-electron chi connectivity index (χ2n) is 3.84. The number of hydrazone groups is 1. The van der Waals surface area contributed by atoms with Gasteiger partial charge in [0.05, 0.1) is 11.8 Å². The first-order chi connectivity index (χ1) is 9.45. The van der Waals surface area contributed by atoms with Crippen molar-refractivity contribution in [1.82, 2.24) is 4.98 Å². The van der Waals surface area contributed by atoms with Gasteiger partial charge in [-0.05, 0) is 29.8 Å². The average molecular weight is 300 g/mol. The lowest BCUT2D eigenvalue weighted by Gasteiger charge is -2.05. The number of nitrogens with one attached hydrogen (secondary N) is 1. The molecular weight excluding hydrogens is 291 g/mol. The van der Waals surface area contributed by atoms with Crippen LogP contribution in [0.15, 0.2) is 47.6 Å². The van der Waals surface area contributed by atoms with Crippen LogP contribution >= 0.6 is 11.6 Å². The highest BCUT2D eigenvalue weighted by atomic mass is 35.5. The molecule has 0 spiro atoms. The van der Waals surface area contributed by atoms with E-state index >= 15 is 0 Å². The molecule has 0 saturated carbocycles. The summed E-state index contributed by atoms with van der Waals surface area (Å²) in [5, 5.41) is 4.19. The predicted octanol–water partition coefficient (Wildman–Crippen LogP) is 4.20. The molecule has 1 aromatic carbocycles. The Morgan fingerprint density at radius 1 is 1.10 bits per heavy atom. The third kappa shape index (κ3) is 3.96. The van der Waals surface area contributed by atoms with E-state index in [9.17, 15) is 13.2 Å². The quantitative estimate of drug-likeness (QED) is 0.524. The molecule has 104 valence electrons.